The Morgan fingerprint density at radius 1 is 1.57 bits per heavy atom. The van der Waals surface area contributed by atoms with Crippen molar-refractivity contribution in [3.63, 3.8) is 0 Å². The Morgan fingerprint density at radius 2 is 2.26 bits per heavy atom. The third-order valence-electron chi connectivity index (χ3n) is 3.77. The molecule has 1 aromatic heterocycles. The van der Waals surface area contributed by atoms with Crippen LogP contribution in [0, 0.1) is 0 Å². The van der Waals surface area contributed by atoms with Gasteiger partial charge in [0.15, 0.2) is 0 Å². The molecule has 3 amide bonds. The number of rotatable bonds is 4. The van der Waals surface area contributed by atoms with Crippen LogP contribution in [0.2, 0.25) is 0 Å². The summed E-state index contributed by atoms with van der Waals surface area (Å²) in [5.74, 6) is 0. The van der Waals surface area contributed by atoms with Crippen LogP contribution in [-0.4, -0.2) is 63.0 Å². The average Bonchev–Trinajstić information content (AvgIpc) is 2.93. The Bertz CT molecular complexity index is 775. The van der Waals surface area contributed by atoms with Crippen LogP contribution in [0.1, 0.15) is 23.3 Å². The molecule has 3 heterocycles. The second kappa shape index (κ2) is 5.07. The first-order valence-corrected chi connectivity index (χ1v) is 7.81. The predicted octanol–water partition coefficient (Wildman–Crippen LogP) is -0.744. The summed E-state index contributed by atoms with van der Waals surface area (Å²) in [6.07, 6.45) is 0.192. The Balaban J connectivity index is 2.00. The summed E-state index contributed by atoms with van der Waals surface area (Å²) in [6.45, 7) is -0.0148. The SMILES string of the molecule is Cn1ncc2c1C(CNC(=O)O)N1C[C@H]2N(OS(=O)(=O)O)C1=O. The van der Waals surface area contributed by atoms with E-state index < -0.39 is 34.6 Å². The Hall–Kier alpha value is -2.38. The number of aryl methyl sites for hydroxylation is 1. The van der Waals surface area contributed by atoms with Crippen LogP contribution >= 0.6 is 0 Å². The predicted molar refractivity (Wildman–Crippen MR) is 71.3 cm³/mol. The molecular formula is C10H13N5O7S. The third-order valence-corrected chi connectivity index (χ3v) is 4.12. The van der Waals surface area contributed by atoms with E-state index in [9.17, 15) is 18.0 Å². The van der Waals surface area contributed by atoms with Crippen molar-refractivity contribution < 1.29 is 31.9 Å². The van der Waals surface area contributed by atoms with E-state index in [1.165, 1.54) is 15.8 Å². The van der Waals surface area contributed by atoms with Crippen LogP contribution in [0.3, 0.4) is 0 Å². The highest BCUT2D eigenvalue weighted by Crippen LogP contribution is 2.43. The van der Waals surface area contributed by atoms with Gasteiger partial charge in [-0.25, -0.2) is 9.59 Å². The second-order valence-electron chi connectivity index (χ2n) is 5.09. The molecular weight excluding hydrogens is 334 g/mol. The Labute approximate surface area is 130 Å². The quantitative estimate of drug-likeness (QED) is 0.601. The van der Waals surface area contributed by atoms with E-state index in [1.807, 2.05) is 0 Å². The summed E-state index contributed by atoms with van der Waals surface area (Å²) in [4.78, 5) is 24.3. The highest BCUT2D eigenvalue weighted by molar-refractivity contribution is 7.80. The van der Waals surface area contributed by atoms with E-state index in [2.05, 4.69) is 14.7 Å². The van der Waals surface area contributed by atoms with Gasteiger partial charge in [0, 0.05) is 19.2 Å². The van der Waals surface area contributed by atoms with Gasteiger partial charge in [-0.2, -0.15) is 18.6 Å². The van der Waals surface area contributed by atoms with Crippen LogP contribution in [0.5, 0.6) is 0 Å². The maximum atomic E-state index is 12.3. The van der Waals surface area contributed by atoms with E-state index in [1.54, 1.807) is 7.05 Å². The van der Waals surface area contributed by atoms with Crippen molar-refractivity contribution in [1.29, 1.82) is 0 Å². The fourth-order valence-electron chi connectivity index (χ4n) is 2.94. The van der Waals surface area contributed by atoms with Crippen molar-refractivity contribution in [3.8, 4) is 0 Å². The van der Waals surface area contributed by atoms with Crippen LogP contribution in [0.15, 0.2) is 6.20 Å². The number of carboxylic acid groups (broad SMARTS) is 1. The molecule has 1 fully saturated rings. The zero-order valence-electron chi connectivity index (χ0n) is 11.8. The first-order chi connectivity index (χ1) is 10.7. The zero-order chi connectivity index (χ0) is 16.9. The van der Waals surface area contributed by atoms with E-state index in [-0.39, 0.29) is 13.1 Å². The minimum atomic E-state index is -4.88. The first kappa shape index (κ1) is 15.5. The summed E-state index contributed by atoms with van der Waals surface area (Å²) in [6, 6.07) is -2.23. The Kier molecular flexibility index (Phi) is 3.42. The van der Waals surface area contributed by atoms with Gasteiger partial charge in [-0.3, -0.25) is 9.23 Å². The molecule has 2 atom stereocenters. The first-order valence-electron chi connectivity index (χ1n) is 6.44. The number of hydroxylamine groups is 2. The molecule has 1 aromatic rings. The number of carbonyl (C=O) groups is 2. The molecule has 2 aliphatic heterocycles. The molecule has 12 nitrogen and oxygen atoms in total. The maximum absolute atomic E-state index is 12.3. The highest BCUT2D eigenvalue weighted by Gasteiger charge is 2.51. The van der Waals surface area contributed by atoms with Crippen molar-refractivity contribution >= 4 is 22.5 Å². The molecule has 2 aliphatic rings. The van der Waals surface area contributed by atoms with Gasteiger partial charge < -0.3 is 15.3 Å². The van der Waals surface area contributed by atoms with Gasteiger partial charge in [0.2, 0.25) is 0 Å². The number of nitrogens with one attached hydrogen (secondary N) is 1. The summed E-state index contributed by atoms with van der Waals surface area (Å²) >= 11 is 0. The molecule has 13 heteroatoms. The van der Waals surface area contributed by atoms with Crippen LogP contribution in [-0.2, 0) is 21.7 Å². The van der Waals surface area contributed by atoms with Gasteiger partial charge in [0.25, 0.3) is 0 Å². The van der Waals surface area contributed by atoms with Crippen LogP contribution in [0.4, 0.5) is 9.59 Å². The number of amides is 3. The fraction of sp³-hybridized carbons (Fsp3) is 0.500. The molecule has 1 saturated heterocycles. The molecule has 23 heavy (non-hydrogen) atoms. The fourth-order valence-corrected chi connectivity index (χ4v) is 3.31. The molecule has 3 N–H and O–H groups in total. The molecule has 0 aliphatic carbocycles. The normalized spacial score (nSPS) is 23.1. The standard InChI is InChI=1S/C10H13N5O7S/c1-13-8-5(2-12-13)7-4-14(6(8)3-11-9(16)17)10(18)15(7)22-23(19,20)21/h2,6-7,11H,3-4H2,1H3,(H,16,17)(H,19,20,21)/t6?,7-/m1/s1. The van der Waals surface area contributed by atoms with Gasteiger partial charge in [0.1, 0.15) is 6.04 Å². The van der Waals surface area contributed by atoms with E-state index >= 15 is 0 Å². The summed E-state index contributed by atoms with van der Waals surface area (Å²) in [5, 5.41) is 15.6. The minimum absolute atomic E-state index is 0.0824. The second-order valence-corrected chi connectivity index (χ2v) is 6.09. The topological polar surface area (TPSA) is 154 Å². The molecule has 0 aromatic carbocycles. The van der Waals surface area contributed by atoms with Crippen molar-refractivity contribution in [1.82, 2.24) is 25.1 Å². The van der Waals surface area contributed by atoms with Crippen molar-refractivity contribution in [2.45, 2.75) is 12.1 Å². The number of hydrogen-bond acceptors (Lipinski definition) is 6. The maximum Gasteiger partial charge on any atom is 0.418 e. The van der Waals surface area contributed by atoms with E-state index in [0.717, 1.165) is 0 Å². The van der Waals surface area contributed by atoms with Gasteiger partial charge in [-0.05, 0) is 0 Å². The number of fused-ring (bicyclic) bond motifs is 4. The number of carbonyl (C=O) groups excluding carboxylic acids is 1. The van der Waals surface area contributed by atoms with E-state index in [0.29, 0.717) is 16.3 Å². The lowest BCUT2D eigenvalue weighted by molar-refractivity contribution is -0.0317. The summed E-state index contributed by atoms with van der Waals surface area (Å²) in [7, 11) is -3.25. The van der Waals surface area contributed by atoms with Crippen LogP contribution in [0.25, 0.3) is 0 Å². The third kappa shape index (κ3) is 2.58. The minimum Gasteiger partial charge on any atom is -0.465 e. The van der Waals surface area contributed by atoms with Crippen molar-refractivity contribution in [3.05, 3.63) is 17.5 Å². The molecule has 2 bridgehead atoms. The van der Waals surface area contributed by atoms with Gasteiger partial charge in [-0.15, -0.1) is 4.28 Å². The molecule has 126 valence electrons. The lowest BCUT2D eigenvalue weighted by Gasteiger charge is -2.30. The number of hydrogen-bond donors (Lipinski definition) is 3. The van der Waals surface area contributed by atoms with Gasteiger partial charge in [0.05, 0.1) is 24.5 Å². The lowest BCUT2D eigenvalue weighted by Crippen LogP contribution is -2.41. The molecule has 0 spiro atoms. The van der Waals surface area contributed by atoms with Gasteiger partial charge >= 0.3 is 22.5 Å². The smallest absolute Gasteiger partial charge is 0.418 e. The van der Waals surface area contributed by atoms with Gasteiger partial charge in [-0.1, -0.05) is 0 Å². The molecule has 3 rings (SSSR count). The molecule has 1 unspecified atom stereocenters. The highest BCUT2D eigenvalue weighted by atomic mass is 32.3. The lowest BCUT2D eigenvalue weighted by atomic mass is 9.98. The van der Waals surface area contributed by atoms with Crippen molar-refractivity contribution in [2.75, 3.05) is 13.1 Å². The van der Waals surface area contributed by atoms with Crippen LogP contribution < -0.4 is 5.32 Å². The Morgan fingerprint density at radius 3 is 2.87 bits per heavy atom. The van der Waals surface area contributed by atoms with Crippen molar-refractivity contribution in [2.24, 2.45) is 7.05 Å². The largest absolute Gasteiger partial charge is 0.465 e. The number of nitrogens with zero attached hydrogens (tertiary/aromatic N) is 4. The number of aromatic nitrogens is 2. The van der Waals surface area contributed by atoms with E-state index in [4.69, 9.17) is 9.66 Å². The molecule has 0 saturated carbocycles. The summed E-state index contributed by atoms with van der Waals surface area (Å²) < 4.78 is 36.6. The average molecular weight is 347 g/mol. The zero-order valence-corrected chi connectivity index (χ0v) is 12.6. The monoisotopic (exact) mass is 347 g/mol. The molecule has 0 radical (unpaired) electrons. The number of urea groups is 1. The summed E-state index contributed by atoms with van der Waals surface area (Å²) in [5.41, 5.74) is 1.08.